The van der Waals surface area contributed by atoms with E-state index in [1.165, 1.54) is 13.0 Å². The Hall–Kier alpha value is -3.80. The summed E-state index contributed by atoms with van der Waals surface area (Å²) in [6.07, 6.45) is 4.58. The second-order valence-corrected chi connectivity index (χ2v) is 6.05. The smallest absolute Gasteiger partial charge is 0.331 e. The number of hydrogen-bond acceptors (Lipinski definition) is 5. The van der Waals surface area contributed by atoms with Crippen LogP contribution in [0.5, 0.6) is 0 Å². The first-order valence-corrected chi connectivity index (χ1v) is 8.62. The Balaban J connectivity index is 1.58. The minimum Gasteiger partial charge on any atom is -0.454 e. The average Bonchev–Trinajstić information content (AvgIpc) is 2.70. The first-order chi connectivity index (χ1) is 13.5. The normalized spacial score (nSPS) is 10.8. The number of ether oxygens (including phenoxy) is 1. The Bertz CT molecular complexity index is 1050. The molecule has 1 heterocycles. The maximum atomic E-state index is 12.1. The van der Waals surface area contributed by atoms with Crippen molar-refractivity contribution in [3.8, 4) is 0 Å². The number of benzene rings is 2. The number of rotatable bonds is 6. The predicted molar refractivity (Wildman–Crippen MR) is 107 cm³/mol. The molecule has 1 aromatic heterocycles. The van der Waals surface area contributed by atoms with Crippen molar-refractivity contribution in [1.29, 1.82) is 0 Å². The molecule has 0 spiro atoms. The first-order valence-electron chi connectivity index (χ1n) is 8.62. The fourth-order valence-corrected chi connectivity index (χ4v) is 2.63. The summed E-state index contributed by atoms with van der Waals surface area (Å²) in [6.45, 7) is 1.04. The Morgan fingerprint density at radius 2 is 1.79 bits per heavy atom. The van der Waals surface area contributed by atoms with Gasteiger partial charge in [0.2, 0.25) is 5.91 Å². The van der Waals surface area contributed by atoms with E-state index >= 15 is 0 Å². The molecule has 6 heteroatoms. The number of para-hydroxylation sites is 1. The van der Waals surface area contributed by atoms with Gasteiger partial charge in [0.05, 0.1) is 5.52 Å². The molecule has 2 aromatic carbocycles. The van der Waals surface area contributed by atoms with Crippen molar-refractivity contribution in [3.63, 3.8) is 0 Å². The second-order valence-electron chi connectivity index (χ2n) is 6.05. The minimum absolute atomic E-state index is 0.193. The van der Waals surface area contributed by atoms with Crippen LogP contribution in [0.4, 0.5) is 5.69 Å². The molecule has 0 aliphatic heterocycles. The third kappa shape index (κ3) is 4.88. The fraction of sp³-hybridized carbons (Fsp3) is 0.0909. The van der Waals surface area contributed by atoms with Crippen LogP contribution in [0.2, 0.25) is 0 Å². The number of fused-ring (bicyclic) bond motifs is 1. The Kier molecular flexibility index (Phi) is 5.91. The van der Waals surface area contributed by atoms with Crippen LogP contribution in [-0.2, 0) is 14.3 Å². The van der Waals surface area contributed by atoms with Gasteiger partial charge in [-0.05, 0) is 36.4 Å². The topological polar surface area (TPSA) is 85.4 Å². The molecule has 6 nitrogen and oxygen atoms in total. The minimum atomic E-state index is -0.615. The lowest BCUT2D eigenvalue weighted by Gasteiger charge is -2.05. The Labute approximate surface area is 161 Å². The molecule has 28 heavy (non-hydrogen) atoms. The highest BCUT2D eigenvalue weighted by atomic mass is 16.5. The molecular formula is C22H18N2O4. The van der Waals surface area contributed by atoms with E-state index in [2.05, 4.69) is 10.3 Å². The third-order valence-corrected chi connectivity index (χ3v) is 3.94. The van der Waals surface area contributed by atoms with Crippen molar-refractivity contribution < 1.29 is 19.1 Å². The largest absolute Gasteiger partial charge is 0.454 e. The molecule has 0 bridgehead atoms. The number of aromatic nitrogens is 1. The van der Waals surface area contributed by atoms with Gasteiger partial charge in [-0.2, -0.15) is 0 Å². The summed E-state index contributed by atoms with van der Waals surface area (Å²) >= 11 is 0. The molecule has 0 atom stereocenters. The van der Waals surface area contributed by atoms with E-state index in [1.54, 1.807) is 36.5 Å². The van der Waals surface area contributed by atoms with Crippen LogP contribution in [0.1, 0.15) is 22.8 Å². The van der Waals surface area contributed by atoms with Gasteiger partial charge in [0.1, 0.15) is 0 Å². The van der Waals surface area contributed by atoms with Gasteiger partial charge < -0.3 is 10.1 Å². The van der Waals surface area contributed by atoms with Gasteiger partial charge in [-0.25, -0.2) is 4.79 Å². The van der Waals surface area contributed by atoms with E-state index in [0.29, 0.717) is 11.3 Å². The molecule has 140 valence electrons. The van der Waals surface area contributed by atoms with E-state index in [9.17, 15) is 14.4 Å². The van der Waals surface area contributed by atoms with Gasteiger partial charge in [-0.15, -0.1) is 0 Å². The van der Waals surface area contributed by atoms with Crippen molar-refractivity contribution >= 4 is 40.3 Å². The van der Waals surface area contributed by atoms with Crippen molar-refractivity contribution in [2.24, 2.45) is 0 Å². The maximum Gasteiger partial charge on any atom is 0.331 e. The highest BCUT2D eigenvalue weighted by Crippen LogP contribution is 2.17. The summed E-state index contributed by atoms with van der Waals surface area (Å²) in [5.41, 5.74) is 2.55. The van der Waals surface area contributed by atoms with Gasteiger partial charge in [0.25, 0.3) is 0 Å². The predicted octanol–water partition coefficient (Wildman–Crippen LogP) is 3.63. The van der Waals surface area contributed by atoms with E-state index in [-0.39, 0.29) is 18.3 Å². The van der Waals surface area contributed by atoms with E-state index in [0.717, 1.165) is 16.5 Å². The van der Waals surface area contributed by atoms with Crippen LogP contribution in [0.25, 0.3) is 17.0 Å². The SMILES string of the molecule is CC(=O)Nc1ccc(C(=O)COC(=O)C=Cc2cccc3cccnc23)cc1. The summed E-state index contributed by atoms with van der Waals surface area (Å²) in [4.78, 5) is 39.4. The van der Waals surface area contributed by atoms with Crippen molar-refractivity contribution in [2.75, 3.05) is 11.9 Å². The van der Waals surface area contributed by atoms with Crippen molar-refractivity contribution in [2.45, 2.75) is 6.92 Å². The summed E-state index contributed by atoms with van der Waals surface area (Å²) < 4.78 is 5.02. The van der Waals surface area contributed by atoms with Gasteiger partial charge in [-0.1, -0.05) is 24.3 Å². The zero-order valence-corrected chi connectivity index (χ0v) is 15.2. The van der Waals surface area contributed by atoms with Crippen LogP contribution in [-0.4, -0.2) is 29.3 Å². The number of ketones is 1. The lowest BCUT2D eigenvalue weighted by molar-refractivity contribution is -0.136. The van der Waals surface area contributed by atoms with Gasteiger partial charge >= 0.3 is 5.97 Å². The highest BCUT2D eigenvalue weighted by Gasteiger charge is 2.09. The molecule has 1 N–H and O–H groups in total. The summed E-state index contributed by atoms with van der Waals surface area (Å²) in [7, 11) is 0. The molecule has 0 radical (unpaired) electrons. The highest BCUT2D eigenvalue weighted by molar-refractivity contribution is 6.00. The fourth-order valence-electron chi connectivity index (χ4n) is 2.63. The van der Waals surface area contributed by atoms with Crippen LogP contribution < -0.4 is 5.32 Å². The molecule has 0 saturated heterocycles. The molecule has 0 aliphatic carbocycles. The number of nitrogens with zero attached hydrogens (tertiary/aromatic N) is 1. The van der Waals surface area contributed by atoms with Crippen LogP contribution in [0.15, 0.2) is 66.9 Å². The summed E-state index contributed by atoms with van der Waals surface area (Å²) in [6, 6.07) is 15.8. The van der Waals surface area contributed by atoms with E-state index in [1.807, 2.05) is 30.3 Å². The molecule has 0 aliphatic rings. The lowest BCUT2D eigenvalue weighted by Crippen LogP contribution is -2.13. The van der Waals surface area contributed by atoms with Crippen molar-refractivity contribution in [3.05, 3.63) is 78.0 Å². The quantitative estimate of drug-likeness (QED) is 0.404. The number of pyridine rings is 1. The van der Waals surface area contributed by atoms with Gasteiger partial charge in [0, 0.05) is 41.4 Å². The maximum absolute atomic E-state index is 12.1. The number of Topliss-reactive ketones (excluding diaryl/α,β-unsaturated/α-hetero) is 1. The Morgan fingerprint density at radius 1 is 1.04 bits per heavy atom. The molecule has 0 unspecified atom stereocenters. The van der Waals surface area contributed by atoms with Gasteiger partial charge in [-0.3, -0.25) is 14.6 Å². The molecule has 0 fully saturated rings. The van der Waals surface area contributed by atoms with Crippen molar-refractivity contribution in [1.82, 2.24) is 4.98 Å². The lowest BCUT2D eigenvalue weighted by atomic mass is 10.1. The van der Waals surface area contributed by atoms with E-state index < -0.39 is 5.97 Å². The first kappa shape index (κ1) is 19.0. The molecule has 0 saturated carbocycles. The van der Waals surface area contributed by atoms with E-state index in [4.69, 9.17) is 4.74 Å². The monoisotopic (exact) mass is 374 g/mol. The summed E-state index contributed by atoms with van der Waals surface area (Å²) in [5, 5.41) is 3.58. The number of carbonyl (C=O) groups is 3. The third-order valence-electron chi connectivity index (χ3n) is 3.94. The second kappa shape index (κ2) is 8.73. The number of carbonyl (C=O) groups excluding carboxylic acids is 3. The van der Waals surface area contributed by atoms with Crippen LogP contribution >= 0.6 is 0 Å². The number of esters is 1. The number of hydrogen-bond donors (Lipinski definition) is 1. The number of nitrogens with one attached hydrogen (secondary N) is 1. The average molecular weight is 374 g/mol. The van der Waals surface area contributed by atoms with Crippen LogP contribution in [0, 0.1) is 0 Å². The molecule has 3 aromatic rings. The Morgan fingerprint density at radius 3 is 2.54 bits per heavy atom. The number of anilines is 1. The zero-order valence-electron chi connectivity index (χ0n) is 15.2. The van der Waals surface area contributed by atoms with Crippen LogP contribution in [0.3, 0.4) is 0 Å². The van der Waals surface area contributed by atoms with Gasteiger partial charge in [0.15, 0.2) is 12.4 Å². The number of amides is 1. The molecular weight excluding hydrogens is 356 g/mol. The molecule has 3 rings (SSSR count). The molecule has 1 amide bonds. The zero-order chi connectivity index (χ0) is 19.9. The standard InChI is InChI=1S/C22H18N2O4/c1-15(25)24-19-10-7-16(8-11-19)20(26)14-28-21(27)12-9-18-5-2-4-17-6-3-13-23-22(17)18/h2-13H,14H2,1H3,(H,24,25). The summed E-state index contributed by atoms with van der Waals surface area (Å²) in [5.74, 6) is -1.14.